The first-order valence-electron chi connectivity index (χ1n) is 7.16. The maximum atomic E-state index is 12.6. The third-order valence-electron chi connectivity index (χ3n) is 4.14. The maximum Gasteiger partial charge on any atom is 0.230 e. The van der Waals surface area contributed by atoms with Crippen LogP contribution in [-0.4, -0.2) is 59.4 Å². The van der Waals surface area contributed by atoms with Crippen molar-refractivity contribution in [3.05, 3.63) is 18.5 Å². The minimum absolute atomic E-state index is 0.0397. The third kappa shape index (κ3) is 2.68. The number of amides is 2. The van der Waals surface area contributed by atoms with E-state index in [0.717, 1.165) is 0 Å². The van der Waals surface area contributed by atoms with E-state index >= 15 is 0 Å². The first-order valence-corrected chi connectivity index (χ1v) is 7.16. The monoisotopic (exact) mass is 289 g/mol. The van der Waals surface area contributed by atoms with Crippen LogP contribution in [0.5, 0.6) is 0 Å². The molecule has 0 spiro atoms. The summed E-state index contributed by atoms with van der Waals surface area (Å²) in [6.45, 7) is 5.01. The summed E-state index contributed by atoms with van der Waals surface area (Å²) in [5.74, 6) is 0.727. The van der Waals surface area contributed by atoms with Crippen LogP contribution in [0.1, 0.15) is 13.3 Å². The van der Waals surface area contributed by atoms with Gasteiger partial charge in [0.25, 0.3) is 0 Å². The number of anilines is 1. The van der Waals surface area contributed by atoms with Crippen molar-refractivity contribution in [2.45, 2.75) is 13.3 Å². The van der Waals surface area contributed by atoms with Gasteiger partial charge < -0.3 is 15.1 Å². The smallest absolute Gasteiger partial charge is 0.230 e. The summed E-state index contributed by atoms with van der Waals surface area (Å²) in [6, 6.07) is 1.79. The molecular weight excluding hydrogens is 270 g/mol. The number of hydrogen-bond donors (Lipinski definition) is 1. The van der Waals surface area contributed by atoms with E-state index in [-0.39, 0.29) is 18.2 Å². The molecule has 3 heterocycles. The topological polar surface area (TPSA) is 78.4 Å². The average Bonchev–Trinajstić information content (AvgIpc) is 2.88. The van der Waals surface area contributed by atoms with Crippen LogP contribution in [0, 0.1) is 5.41 Å². The molecule has 1 N–H and O–H groups in total. The Morgan fingerprint density at radius 2 is 1.90 bits per heavy atom. The van der Waals surface area contributed by atoms with E-state index in [1.54, 1.807) is 18.5 Å². The highest BCUT2D eigenvalue weighted by atomic mass is 16.2. The lowest BCUT2D eigenvalue weighted by Gasteiger charge is -2.38. The average molecular weight is 289 g/mol. The normalized spacial score (nSPS) is 25.9. The molecule has 3 rings (SSSR count). The number of carbonyl (C=O) groups is 2. The fourth-order valence-electron chi connectivity index (χ4n) is 2.87. The Morgan fingerprint density at radius 3 is 2.48 bits per heavy atom. The van der Waals surface area contributed by atoms with Crippen LogP contribution in [0.4, 0.5) is 5.95 Å². The quantitative estimate of drug-likeness (QED) is 0.805. The lowest BCUT2D eigenvalue weighted by atomic mass is 9.87. The minimum atomic E-state index is -0.595. The fraction of sp³-hybridized carbons (Fsp3) is 0.571. The largest absolute Gasteiger partial charge is 0.355 e. The molecule has 1 aromatic heterocycles. The van der Waals surface area contributed by atoms with E-state index in [1.165, 1.54) is 0 Å². The number of nitrogens with zero attached hydrogens (tertiary/aromatic N) is 4. The van der Waals surface area contributed by atoms with Crippen molar-refractivity contribution >= 4 is 17.8 Å². The van der Waals surface area contributed by atoms with Crippen LogP contribution in [-0.2, 0) is 9.59 Å². The van der Waals surface area contributed by atoms with Crippen LogP contribution < -0.4 is 10.2 Å². The lowest BCUT2D eigenvalue weighted by Crippen LogP contribution is -2.53. The van der Waals surface area contributed by atoms with Gasteiger partial charge in [0, 0.05) is 51.5 Å². The summed E-state index contributed by atoms with van der Waals surface area (Å²) in [5.41, 5.74) is -0.595. The van der Waals surface area contributed by atoms with Crippen molar-refractivity contribution in [3.8, 4) is 0 Å². The molecule has 1 atom stereocenters. The summed E-state index contributed by atoms with van der Waals surface area (Å²) in [5, 5.41) is 2.75. The second-order valence-electron chi connectivity index (χ2n) is 5.84. The number of piperazine rings is 1. The molecule has 2 aliphatic rings. The van der Waals surface area contributed by atoms with Gasteiger partial charge in [0.1, 0.15) is 0 Å². The molecule has 0 saturated carbocycles. The van der Waals surface area contributed by atoms with Gasteiger partial charge in [-0.05, 0) is 13.0 Å². The van der Waals surface area contributed by atoms with Gasteiger partial charge >= 0.3 is 0 Å². The van der Waals surface area contributed by atoms with E-state index in [1.807, 2.05) is 11.8 Å². The Kier molecular flexibility index (Phi) is 3.48. The molecule has 2 aliphatic heterocycles. The number of rotatable bonds is 2. The molecule has 1 aromatic rings. The maximum absolute atomic E-state index is 12.6. The highest BCUT2D eigenvalue weighted by molar-refractivity contribution is 5.92. The van der Waals surface area contributed by atoms with E-state index in [4.69, 9.17) is 0 Å². The van der Waals surface area contributed by atoms with Crippen molar-refractivity contribution in [2.24, 2.45) is 5.41 Å². The number of carbonyl (C=O) groups excluding carboxylic acids is 2. The second kappa shape index (κ2) is 5.31. The van der Waals surface area contributed by atoms with Gasteiger partial charge in [-0.15, -0.1) is 0 Å². The molecule has 0 aliphatic carbocycles. The molecule has 0 radical (unpaired) electrons. The number of nitrogens with one attached hydrogen (secondary N) is 1. The minimum Gasteiger partial charge on any atom is -0.355 e. The highest BCUT2D eigenvalue weighted by Gasteiger charge is 2.43. The Hall–Kier alpha value is -2.18. The summed E-state index contributed by atoms with van der Waals surface area (Å²) >= 11 is 0. The molecular formula is C14H19N5O2. The Bertz CT molecular complexity index is 542. The summed E-state index contributed by atoms with van der Waals surface area (Å²) in [4.78, 5) is 36.4. The molecule has 2 amide bonds. The summed E-state index contributed by atoms with van der Waals surface area (Å²) in [7, 11) is 0. The molecule has 0 aromatic carbocycles. The zero-order valence-corrected chi connectivity index (χ0v) is 12.1. The first kappa shape index (κ1) is 13.8. The van der Waals surface area contributed by atoms with E-state index in [9.17, 15) is 9.59 Å². The number of hydrogen-bond acceptors (Lipinski definition) is 5. The van der Waals surface area contributed by atoms with Crippen molar-refractivity contribution in [1.29, 1.82) is 0 Å². The molecule has 7 heteroatoms. The summed E-state index contributed by atoms with van der Waals surface area (Å²) in [6.07, 6.45) is 3.72. The van der Waals surface area contributed by atoms with Crippen LogP contribution in [0.3, 0.4) is 0 Å². The van der Waals surface area contributed by atoms with Crippen LogP contribution in [0.2, 0.25) is 0 Å². The van der Waals surface area contributed by atoms with Crippen molar-refractivity contribution in [1.82, 2.24) is 20.2 Å². The fourth-order valence-corrected chi connectivity index (χ4v) is 2.87. The predicted molar refractivity (Wildman–Crippen MR) is 76.6 cm³/mol. The van der Waals surface area contributed by atoms with Gasteiger partial charge in [0.15, 0.2) is 0 Å². The van der Waals surface area contributed by atoms with Gasteiger partial charge in [0.05, 0.1) is 5.41 Å². The predicted octanol–water partition coefficient (Wildman–Crippen LogP) is -0.349. The highest BCUT2D eigenvalue weighted by Crippen LogP contribution is 2.28. The van der Waals surface area contributed by atoms with E-state index in [2.05, 4.69) is 20.2 Å². The Labute approximate surface area is 123 Å². The first-order chi connectivity index (χ1) is 10.1. The van der Waals surface area contributed by atoms with Gasteiger partial charge in [-0.1, -0.05) is 0 Å². The van der Waals surface area contributed by atoms with Crippen LogP contribution in [0.15, 0.2) is 18.5 Å². The molecule has 7 nitrogen and oxygen atoms in total. The molecule has 1 unspecified atom stereocenters. The zero-order valence-electron chi connectivity index (χ0n) is 12.1. The Balaban J connectivity index is 1.61. The molecule has 112 valence electrons. The van der Waals surface area contributed by atoms with Gasteiger partial charge in [-0.3, -0.25) is 9.59 Å². The second-order valence-corrected chi connectivity index (χ2v) is 5.84. The van der Waals surface area contributed by atoms with E-state index < -0.39 is 5.41 Å². The Morgan fingerprint density at radius 1 is 1.24 bits per heavy atom. The van der Waals surface area contributed by atoms with E-state index in [0.29, 0.717) is 38.7 Å². The standard InChI is InChI=1S/C14H19N5O2/c1-14(9-11(20)17-10-14)12(21)18-5-7-19(8-6-18)13-15-3-2-4-16-13/h2-4H,5-10H2,1H3,(H,17,20). The lowest BCUT2D eigenvalue weighted by molar-refractivity contribution is -0.141. The third-order valence-corrected chi connectivity index (χ3v) is 4.14. The SMILES string of the molecule is CC1(C(=O)N2CCN(c3ncccn3)CC2)CNC(=O)C1. The molecule has 21 heavy (non-hydrogen) atoms. The van der Waals surface area contributed by atoms with Gasteiger partial charge in [-0.2, -0.15) is 0 Å². The van der Waals surface area contributed by atoms with Gasteiger partial charge in [0.2, 0.25) is 17.8 Å². The molecule has 0 bridgehead atoms. The van der Waals surface area contributed by atoms with Crippen molar-refractivity contribution < 1.29 is 9.59 Å². The van der Waals surface area contributed by atoms with Crippen molar-refractivity contribution in [2.75, 3.05) is 37.6 Å². The molecule has 2 saturated heterocycles. The number of aromatic nitrogens is 2. The van der Waals surface area contributed by atoms with Gasteiger partial charge in [-0.25, -0.2) is 9.97 Å². The molecule has 2 fully saturated rings. The van der Waals surface area contributed by atoms with Crippen LogP contribution >= 0.6 is 0 Å². The zero-order chi connectivity index (χ0) is 14.9. The summed E-state index contributed by atoms with van der Waals surface area (Å²) < 4.78 is 0. The van der Waals surface area contributed by atoms with Crippen LogP contribution in [0.25, 0.3) is 0 Å². The van der Waals surface area contributed by atoms with Crippen molar-refractivity contribution in [3.63, 3.8) is 0 Å².